The van der Waals surface area contributed by atoms with Gasteiger partial charge in [-0.15, -0.1) is 0 Å². The Kier molecular flexibility index (Phi) is 33.9. The molecule has 378 valence electrons. The first kappa shape index (κ1) is 59.1. The number of aliphatic hydroxyl groups excluding tert-OH is 7. The Balaban J connectivity index is 1.84. The van der Waals surface area contributed by atoms with Crippen molar-refractivity contribution in [3.8, 4) is 0 Å². The van der Waals surface area contributed by atoms with E-state index in [-0.39, 0.29) is 19.4 Å². The van der Waals surface area contributed by atoms with E-state index in [9.17, 15) is 45.3 Å². The highest BCUT2D eigenvalue weighted by molar-refractivity contribution is 5.70. The number of carbonyl (C=O) groups excluding carboxylic acids is 2. The molecule has 0 aromatic heterocycles. The zero-order chi connectivity index (χ0) is 48.2. The van der Waals surface area contributed by atoms with Crippen molar-refractivity contribution in [2.45, 2.75) is 210 Å². The summed E-state index contributed by atoms with van der Waals surface area (Å²) in [4.78, 5) is 25.7. The van der Waals surface area contributed by atoms with Gasteiger partial charge in [-0.3, -0.25) is 9.59 Å². The molecule has 2 saturated heterocycles. The standard InChI is InChI=1S/C51H84O15/c1-3-5-7-9-11-13-15-17-19-21-23-25-27-29-31-33-42(53)61-36-39(64-43(54)34-32-30-28-26-24-22-20-18-16-14-12-10-8-6-4-2)37-62-50-49(60)47(58)45(56)41(66-50)38-63-51-48(59)46(57)44(55)40(35-52)65-51/h5-8,11-14,17-20,39-41,44-52,55-60H,3-4,9-10,15-16,21-38H2,1-2H3/b7-5+,8-6+,13-11+,14-12-,19-17+,20-18+/t39-,40-,41-,44+,45+,46+,47+,48-,49-,50-,51+/m1/s1. The van der Waals surface area contributed by atoms with Gasteiger partial charge in [0, 0.05) is 12.8 Å². The number of allylic oxidation sites excluding steroid dienone is 12. The van der Waals surface area contributed by atoms with Gasteiger partial charge in [0.05, 0.1) is 19.8 Å². The van der Waals surface area contributed by atoms with Crippen LogP contribution in [-0.2, 0) is 38.0 Å². The zero-order valence-corrected chi connectivity index (χ0v) is 39.6. The summed E-state index contributed by atoms with van der Waals surface area (Å²) in [6.07, 6.45) is 26.5. The first-order valence-corrected chi connectivity index (χ1v) is 24.5. The number of rotatable bonds is 36. The Morgan fingerprint density at radius 2 is 0.909 bits per heavy atom. The third-order valence-electron chi connectivity index (χ3n) is 11.2. The molecule has 15 heteroatoms. The van der Waals surface area contributed by atoms with Crippen LogP contribution in [0, 0.1) is 0 Å². The summed E-state index contributed by atoms with van der Waals surface area (Å²) in [5.74, 6) is -0.973. The third kappa shape index (κ3) is 25.9. The summed E-state index contributed by atoms with van der Waals surface area (Å²) in [5.41, 5.74) is 0. The SMILES string of the molecule is CC/C=C/C/C=C\C/C=C/CCCCCCCC(=O)O[C@H](COC(=O)CCCCCCC/C=C/C/C=C/C/C=C/CC)CO[C@@H]1O[C@H](CO[C@H]2O[C@H](CO)[C@H](O)[C@H](O)[C@H]2O)[C@H](O)[C@H](O)[C@H]1O. The topological polar surface area (TPSA) is 231 Å². The molecule has 0 aromatic carbocycles. The van der Waals surface area contributed by atoms with Crippen LogP contribution < -0.4 is 0 Å². The molecule has 0 aliphatic carbocycles. The van der Waals surface area contributed by atoms with Gasteiger partial charge in [-0.05, 0) is 77.0 Å². The normalized spacial score (nSPS) is 26.8. The summed E-state index contributed by atoms with van der Waals surface area (Å²) >= 11 is 0. The Hall–Kier alpha value is -3.06. The first-order chi connectivity index (χ1) is 32.0. The van der Waals surface area contributed by atoms with E-state index in [1.807, 2.05) is 0 Å². The highest BCUT2D eigenvalue weighted by atomic mass is 16.7. The van der Waals surface area contributed by atoms with E-state index in [4.69, 9.17) is 28.4 Å². The second-order valence-corrected chi connectivity index (χ2v) is 16.9. The number of hydrogen-bond acceptors (Lipinski definition) is 15. The lowest BCUT2D eigenvalue weighted by Gasteiger charge is -2.42. The number of carbonyl (C=O) groups is 2. The van der Waals surface area contributed by atoms with Gasteiger partial charge >= 0.3 is 11.9 Å². The van der Waals surface area contributed by atoms with Crippen LogP contribution in [0.5, 0.6) is 0 Å². The number of ether oxygens (including phenoxy) is 6. The average Bonchev–Trinajstić information content (AvgIpc) is 3.31. The molecule has 0 amide bonds. The Morgan fingerprint density at radius 1 is 0.485 bits per heavy atom. The Bertz CT molecular complexity index is 1430. The molecule has 0 spiro atoms. The second-order valence-electron chi connectivity index (χ2n) is 16.9. The molecule has 0 unspecified atom stereocenters. The van der Waals surface area contributed by atoms with E-state index in [0.29, 0.717) is 12.8 Å². The highest BCUT2D eigenvalue weighted by Crippen LogP contribution is 2.26. The maximum Gasteiger partial charge on any atom is 0.306 e. The van der Waals surface area contributed by atoms with Crippen LogP contribution in [-0.4, -0.2) is 142 Å². The van der Waals surface area contributed by atoms with Gasteiger partial charge in [-0.25, -0.2) is 0 Å². The lowest BCUT2D eigenvalue weighted by Crippen LogP contribution is -2.61. The van der Waals surface area contributed by atoms with Crippen molar-refractivity contribution >= 4 is 11.9 Å². The van der Waals surface area contributed by atoms with Crippen LogP contribution in [0.1, 0.15) is 142 Å². The van der Waals surface area contributed by atoms with Crippen molar-refractivity contribution < 1.29 is 73.8 Å². The predicted octanol–water partition coefficient (Wildman–Crippen LogP) is 6.26. The molecule has 0 radical (unpaired) electrons. The van der Waals surface area contributed by atoms with E-state index >= 15 is 0 Å². The van der Waals surface area contributed by atoms with Crippen LogP contribution in [0.15, 0.2) is 72.9 Å². The minimum atomic E-state index is -1.77. The Morgan fingerprint density at radius 3 is 1.42 bits per heavy atom. The fraction of sp³-hybridized carbons (Fsp3) is 0.725. The second kappa shape index (κ2) is 37.9. The van der Waals surface area contributed by atoms with Gasteiger partial charge in [0.2, 0.25) is 0 Å². The minimum absolute atomic E-state index is 0.138. The van der Waals surface area contributed by atoms with Crippen molar-refractivity contribution in [2.24, 2.45) is 0 Å². The van der Waals surface area contributed by atoms with E-state index in [1.165, 1.54) is 0 Å². The fourth-order valence-corrected chi connectivity index (χ4v) is 7.18. The number of unbranched alkanes of at least 4 members (excludes halogenated alkanes) is 10. The molecule has 66 heavy (non-hydrogen) atoms. The molecule has 0 saturated carbocycles. The van der Waals surface area contributed by atoms with Gasteiger partial charge in [-0.1, -0.05) is 125 Å². The molecule has 0 aromatic rings. The van der Waals surface area contributed by atoms with Crippen LogP contribution >= 0.6 is 0 Å². The molecule has 11 atom stereocenters. The van der Waals surface area contributed by atoms with Gasteiger partial charge in [0.25, 0.3) is 0 Å². The first-order valence-electron chi connectivity index (χ1n) is 24.5. The fourth-order valence-electron chi connectivity index (χ4n) is 7.18. The number of hydrogen-bond donors (Lipinski definition) is 7. The molecule has 2 aliphatic heterocycles. The number of esters is 2. The summed E-state index contributed by atoms with van der Waals surface area (Å²) in [6.45, 7) is 2.30. The molecular weight excluding hydrogens is 853 g/mol. The van der Waals surface area contributed by atoms with Gasteiger partial charge < -0.3 is 64.2 Å². The monoisotopic (exact) mass is 937 g/mol. The molecule has 2 rings (SSSR count). The van der Waals surface area contributed by atoms with Crippen LogP contribution in [0.4, 0.5) is 0 Å². The molecule has 7 N–H and O–H groups in total. The summed E-state index contributed by atoms with van der Waals surface area (Å²) in [6, 6.07) is 0. The summed E-state index contributed by atoms with van der Waals surface area (Å²) in [7, 11) is 0. The molecule has 15 nitrogen and oxygen atoms in total. The zero-order valence-electron chi connectivity index (χ0n) is 39.6. The Labute approximate surface area is 393 Å². The van der Waals surface area contributed by atoms with E-state index < -0.39 is 99.3 Å². The number of aliphatic hydroxyl groups is 7. The van der Waals surface area contributed by atoms with E-state index in [0.717, 1.165) is 103 Å². The maximum atomic E-state index is 13.0. The molecular formula is C51H84O15. The third-order valence-corrected chi connectivity index (χ3v) is 11.2. The molecule has 2 heterocycles. The van der Waals surface area contributed by atoms with Crippen molar-refractivity contribution in [2.75, 3.05) is 26.4 Å². The lowest BCUT2D eigenvalue weighted by molar-refractivity contribution is -0.332. The van der Waals surface area contributed by atoms with Crippen molar-refractivity contribution in [1.82, 2.24) is 0 Å². The minimum Gasteiger partial charge on any atom is -0.462 e. The van der Waals surface area contributed by atoms with Crippen molar-refractivity contribution in [3.05, 3.63) is 72.9 Å². The molecule has 2 fully saturated rings. The predicted molar refractivity (Wildman–Crippen MR) is 252 cm³/mol. The summed E-state index contributed by atoms with van der Waals surface area (Å²) in [5, 5.41) is 72.0. The van der Waals surface area contributed by atoms with E-state index in [2.05, 4.69) is 86.8 Å². The van der Waals surface area contributed by atoms with Gasteiger partial charge in [0.1, 0.15) is 55.4 Å². The smallest absolute Gasteiger partial charge is 0.306 e. The van der Waals surface area contributed by atoms with Crippen molar-refractivity contribution in [3.63, 3.8) is 0 Å². The maximum absolute atomic E-state index is 13.0. The molecule has 0 bridgehead atoms. The summed E-state index contributed by atoms with van der Waals surface area (Å²) < 4.78 is 33.5. The van der Waals surface area contributed by atoms with Crippen LogP contribution in [0.25, 0.3) is 0 Å². The van der Waals surface area contributed by atoms with Gasteiger partial charge in [-0.2, -0.15) is 0 Å². The highest BCUT2D eigenvalue weighted by Gasteiger charge is 2.47. The largest absolute Gasteiger partial charge is 0.462 e. The van der Waals surface area contributed by atoms with Gasteiger partial charge in [0.15, 0.2) is 18.7 Å². The van der Waals surface area contributed by atoms with Crippen molar-refractivity contribution in [1.29, 1.82) is 0 Å². The lowest BCUT2D eigenvalue weighted by atomic mass is 9.98. The van der Waals surface area contributed by atoms with Crippen LogP contribution in [0.3, 0.4) is 0 Å². The quantitative estimate of drug-likeness (QED) is 0.0209. The van der Waals surface area contributed by atoms with Crippen LogP contribution in [0.2, 0.25) is 0 Å². The average molecular weight is 937 g/mol. The van der Waals surface area contributed by atoms with E-state index in [1.54, 1.807) is 0 Å². The molecule has 2 aliphatic rings.